The highest BCUT2D eigenvalue weighted by Crippen LogP contribution is 2.42. The van der Waals surface area contributed by atoms with Gasteiger partial charge < -0.3 is 20.1 Å². The molecule has 0 spiro atoms. The highest BCUT2D eigenvalue weighted by Gasteiger charge is 2.42. The molecule has 4 aliphatic rings. The number of likely N-dealkylation sites (tertiary alicyclic amines) is 1. The fraction of sp³-hybridized carbons (Fsp3) is 0.952. The van der Waals surface area contributed by atoms with Crippen molar-refractivity contribution in [2.75, 3.05) is 26.3 Å². The first-order valence-electron chi connectivity index (χ1n) is 11.0. The van der Waals surface area contributed by atoms with Gasteiger partial charge in [0.15, 0.2) is 0 Å². The Hall–Kier alpha value is -0.360. The molecule has 2 aliphatic heterocycles. The van der Waals surface area contributed by atoms with E-state index < -0.39 is 0 Å². The molecule has 3 unspecified atom stereocenters. The van der Waals surface area contributed by atoms with Gasteiger partial charge in [-0.1, -0.05) is 6.42 Å². The molecule has 2 N–H and O–H groups in total. The maximum Gasteiger partial charge on any atom is 0.225 e. The van der Waals surface area contributed by atoms with Crippen molar-refractivity contribution in [1.29, 1.82) is 0 Å². The Balaban J connectivity index is 0.00000210. The molecule has 27 heavy (non-hydrogen) atoms. The van der Waals surface area contributed by atoms with Gasteiger partial charge in [0.05, 0.1) is 18.8 Å². The number of nitrogens with zero attached hydrogens (tertiary/aromatic N) is 1. The molecule has 4 rings (SSSR count). The summed E-state index contributed by atoms with van der Waals surface area (Å²) in [6.07, 6.45) is 11.9. The summed E-state index contributed by atoms with van der Waals surface area (Å²) < 4.78 is 11.8. The van der Waals surface area contributed by atoms with Gasteiger partial charge in [-0.05, 0) is 69.6 Å². The molecule has 2 aliphatic carbocycles. The number of rotatable bonds is 4. The average Bonchev–Trinajstić information content (AvgIpc) is 2.67. The molecule has 3 atom stereocenters. The number of carbonyl (C=O) groups is 1. The minimum Gasteiger partial charge on any atom is -0.376 e. The van der Waals surface area contributed by atoms with E-state index in [0.29, 0.717) is 29.9 Å². The summed E-state index contributed by atoms with van der Waals surface area (Å²) in [6.45, 7) is 3.32. The first-order valence-corrected chi connectivity index (χ1v) is 11.0. The van der Waals surface area contributed by atoms with Crippen molar-refractivity contribution in [1.82, 2.24) is 4.90 Å². The summed E-state index contributed by atoms with van der Waals surface area (Å²) in [5.41, 5.74) is 6.39. The van der Waals surface area contributed by atoms with Gasteiger partial charge in [0.2, 0.25) is 5.91 Å². The SMILES string of the molecule is Cl.NC1C2CCCC1CC(C(=O)N1CCC(OCC3CCCCO3)CC1)C2. The van der Waals surface area contributed by atoms with Crippen LogP contribution in [0.5, 0.6) is 0 Å². The van der Waals surface area contributed by atoms with Crippen LogP contribution in [-0.4, -0.2) is 55.4 Å². The molecule has 2 saturated carbocycles. The van der Waals surface area contributed by atoms with E-state index in [-0.39, 0.29) is 24.4 Å². The van der Waals surface area contributed by atoms with Crippen molar-refractivity contribution in [3.63, 3.8) is 0 Å². The van der Waals surface area contributed by atoms with Crippen molar-refractivity contribution in [3.8, 4) is 0 Å². The lowest BCUT2D eigenvalue weighted by Gasteiger charge is -2.45. The van der Waals surface area contributed by atoms with Gasteiger partial charge in [-0.25, -0.2) is 0 Å². The maximum atomic E-state index is 13.0. The van der Waals surface area contributed by atoms with E-state index in [1.165, 1.54) is 32.1 Å². The number of carbonyl (C=O) groups excluding carboxylic acids is 1. The number of hydrogen-bond acceptors (Lipinski definition) is 4. The maximum absolute atomic E-state index is 13.0. The lowest BCUT2D eigenvalue weighted by molar-refractivity contribution is -0.142. The predicted molar refractivity (Wildman–Crippen MR) is 108 cm³/mol. The van der Waals surface area contributed by atoms with E-state index in [9.17, 15) is 4.79 Å². The summed E-state index contributed by atoms with van der Waals surface area (Å²) in [5.74, 6) is 1.77. The van der Waals surface area contributed by atoms with Gasteiger partial charge in [0.25, 0.3) is 0 Å². The largest absolute Gasteiger partial charge is 0.376 e. The van der Waals surface area contributed by atoms with Gasteiger partial charge in [0.1, 0.15) is 0 Å². The van der Waals surface area contributed by atoms with Crippen molar-refractivity contribution in [2.24, 2.45) is 23.5 Å². The van der Waals surface area contributed by atoms with Gasteiger partial charge in [-0.15, -0.1) is 12.4 Å². The number of ether oxygens (including phenoxy) is 2. The molecule has 4 fully saturated rings. The molecule has 156 valence electrons. The summed E-state index contributed by atoms with van der Waals surface area (Å²) >= 11 is 0. The third-order valence-corrected chi connectivity index (χ3v) is 7.31. The number of amides is 1. The van der Waals surface area contributed by atoms with Gasteiger partial charge in [-0.2, -0.15) is 0 Å². The second kappa shape index (κ2) is 9.91. The molecule has 5 nitrogen and oxygen atoms in total. The van der Waals surface area contributed by atoms with Crippen LogP contribution in [0.2, 0.25) is 0 Å². The summed E-state index contributed by atoms with van der Waals surface area (Å²) in [7, 11) is 0. The molecule has 0 aromatic carbocycles. The molecule has 0 aromatic heterocycles. The smallest absolute Gasteiger partial charge is 0.225 e. The summed E-state index contributed by atoms with van der Waals surface area (Å²) in [6, 6.07) is 0.342. The Morgan fingerprint density at radius 1 is 1.00 bits per heavy atom. The fourth-order valence-electron chi connectivity index (χ4n) is 5.67. The van der Waals surface area contributed by atoms with Gasteiger partial charge in [-0.3, -0.25) is 4.79 Å². The Labute approximate surface area is 170 Å². The zero-order valence-electron chi connectivity index (χ0n) is 16.5. The molecule has 1 amide bonds. The van der Waals surface area contributed by atoms with E-state index in [2.05, 4.69) is 4.90 Å². The zero-order chi connectivity index (χ0) is 17.9. The molecular weight excluding hydrogens is 364 g/mol. The summed E-state index contributed by atoms with van der Waals surface area (Å²) in [5, 5.41) is 0. The van der Waals surface area contributed by atoms with Crippen LogP contribution in [0.1, 0.15) is 64.2 Å². The summed E-state index contributed by atoms with van der Waals surface area (Å²) in [4.78, 5) is 15.1. The number of hydrogen-bond donors (Lipinski definition) is 1. The average molecular weight is 401 g/mol. The molecule has 2 heterocycles. The van der Waals surface area contributed by atoms with Crippen molar-refractivity contribution in [2.45, 2.75) is 82.5 Å². The van der Waals surface area contributed by atoms with Crippen LogP contribution in [0.4, 0.5) is 0 Å². The number of fused-ring (bicyclic) bond motifs is 2. The zero-order valence-corrected chi connectivity index (χ0v) is 17.3. The fourth-order valence-corrected chi connectivity index (χ4v) is 5.67. The third kappa shape index (κ3) is 5.17. The number of piperidine rings is 1. The first kappa shape index (κ1) is 21.4. The van der Waals surface area contributed by atoms with Crippen LogP contribution < -0.4 is 5.73 Å². The number of halogens is 1. The predicted octanol–water partition coefficient (Wildman–Crippen LogP) is 3.14. The van der Waals surface area contributed by atoms with Crippen LogP contribution in [0, 0.1) is 17.8 Å². The third-order valence-electron chi connectivity index (χ3n) is 7.31. The van der Waals surface area contributed by atoms with Gasteiger partial charge >= 0.3 is 0 Å². The number of nitrogens with two attached hydrogens (primary N) is 1. The van der Waals surface area contributed by atoms with Gasteiger partial charge in [0, 0.05) is 31.7 Å². The Morgan fingerprint density at radius 2 is 1.70 bits per heavy atom. The minimum absolute atomic E-state index is 0. The normalized spacial score (nSPS) is 37.5. The van der Waals surface area contributed by atoms with Crippen LogP contribution in [0.3, 0.4) is 0 Å². The highest BCUT2D eigenvalue weighted by atomic mass is 35.5. The molecule has 2 saturated heterocycles. The molecule has 2 bridgehead atoms. The van der Waals surface area contributed by atoms with Crippen molar-refractivity contribution in [3.05, 3.63) is 0 Å². The van der Waals surface area contributed by atoms with Crippen molar-refractivity contribution < 1.29 is 14.3 Å². The minimum atomic E-state index is 0. The second-order valence-electron chi connectivity index (χ2n) is 9.04. The van der Waals surface area contributed by atoms with E-state index in [0.717, 1.165) is 58.4 Å². The lowest BCUT2D eigenvalue weighted by Crippen LogP contribution is -2.51. The Kier molecular flexibility index (Phi) is 7.83. The van der Waals surface area contributed by atoms with Crippen molar-refractivity contribution >= 4 is 18.3 Å². The van der Waals surface area contributed by atoms with E-state index >= 15 is 0 Å². The van der Waals surface area contributed by atoms with Crippen LogP contribution in [0.25, 0.3) is 0 Å². The molecule has 0 aromatic rings. The van der Waals surface area contributed by atoms with Crippen LogP contribution in [-0.2, 0) is 14.3 Å². The molecule has 0 radical (unpaired) electrons. The van der Waals surface area contributed by atoms with Crippen LogP contribution in [0.15, 0.2) is 0 Å². The Bertz CT molecular complexity index is 464. The topological polar surface area (TPSA) is 64.8 Å². The quantitative estimate of drug-likeness (QED) is 0.787. The van der Waals surface area contributed by atoms with E-state index in [4.69, 9.17) is 15.2 Å². The van der Waals surface area contributed by atoms with Crippen LogP contribution >= 0.6 is 12.4 Å². The highest BCUT2D eigenvalue weighted by molar-refractivity contribution is 5.85. The monoisotopic (exact) mass is 400 g/mol. The molecule has 6 heteroatoms. The van der Waals surface area contributed by atoms with E-state index in [1.54, 1.807) is 0 Å². The first-order chi connectivity index (χ1) is 12.7. The Morgan fingerprint density at radius 3 is 2.33 bits per heavy atom. The standard InChI is InChI=1S/C21H36N2O3.ClH/c22-20-15-4-3-5-16(20)13-17(12-15)21(24)23-9-7-18(8-10-23)26-14-19-6-1-2-11-25-19;/h15-20H,1-14,22H2;1H. The lowest BCUT2D eigenvalue weighted by atomic mass is 9.65. The molecular formula is C21H37ClN2O3. The van der Waals surface area contributed by atoms with E-state index in [1.807, 2.05) is 0 Å². The second-order valence-corrected chi connectivity index (χ2v) is 9.04.